The van der Waals surface area contributed by atoms with Crippen molar-refractivity contribution in [2.75, 3.05) is 13.2 Å². The van der Waals surface area contributed by atoms with Gasteiger partial charge in [0.25, 0.3) is 0 Å². The van der Waals surface area contributed by atoms with Gasteiger partial charge in [-0.3, -0.25) is 14.4 Å². The minimum Gasteiger partial charge on any atom is -0.462 e. The molecule has 75 heavy (non-hydrogen) atoms. The number of carbonyl (C=O) groups excluding carboxylic acids is 3. The van der Waals surface area contributed by atoms with E-state index >= 15 is 0 Å². The van der Waals surface area contributed by atoms with Crippen LogP contribution in [-0.2, 0) is 28.6 Å². The third-order valence-corrected chi connectivity index (χ3v) is 11.7. The third kappa shape index (κ3) is 59.5. The molecule has 0 aliphatic carbocycles. The van der Waals surface area contributed by atoms with Gasteiger partial charge in [0.15, 0.2) is 6.10 Å². The summed E-state index contributed by atoms with van der Waals surface area (Å²) < 4.78 is 16.7. The molecule has 0 aromatic heterocycles. The molecule has 0 rings (SSSR count). The molecule has 0 N–H and O–H groups in total. The molecule has 0 amide bonds. The van der Waals surface area contributed by atoms with Crippen LogP contribution in [0.1, 0.15) is 226 Å². The molecule has 0 aliphatic rings. The lowest BCUT2D eigenvalue weighted by atomic mass is 10.0. The van der Waals surface area contributed by atoms with Crippen molar-refractivity contribution >= 4 is 17.9 Å². The Morgan fingerprint density at radius 1 is 0.267 bits per heavy atom. The minimum absolute atomic E-state index is 0.137. The van der Waals surface area contributed by atoms with Crippen LogP contribution in [0.5, 0.6) is 0 Å². The summed E-state index contributed by atoms with van der Waals surface area (Å²) >= 11 is 0. The molecule has 0 fully saturated rings. The van der Waals surface area contributed by atoms with Crippen molar-refractivity contribution in [2.45, 2.75) is 232 Å². The van der Waals surface area contributed by atoms with E-state index in [9.17, 15) is 14.4 Å². The van der Waals surface area contributed by atoms with E-state index in [2.05, 4.69) is 167 Å². The number of hydrogen-bond donors (Lipinski definition) is 0. The maximum Gasteiger partial charge on any atom is 0.306 e. The Hall–Kier alpha value is -5.23. The van der Waals surface area contributed by atoms with E-state index in [1.807, 2.05) is 24.3 Å². The van der Waals surface area contributed by atoms with Gasteiger partial charge in [0.05, 0.1) is 0 Å². The van der Waals surface area contributed by atoms with Crippen LogP contribution < -0.4 is 0 Å². The Morgan fingerprint density at radius 3 is 0.827 bits per heavy atom. The van der Waals surface area contributed by atoms with Crippen LogP contribution in [0.15, 0.2) is 170 Å². The molecule has 0 saturated carbocycles. The lowest BCUT2D eigenvalue weighted by molar-refractivity contribution is -0.166. The van der Waals surface area contributed by atoms with Crippen LogP contribution in [0.25, 0.3) is 0 Å². The quantitative estimate of drug-likeness (QED) is 0.0261. The first-order valence-corrected chi connectivity index (χ1v) is 29.6. The van der Waals surface area contributed by atoms with Gasteiger partial charge in [0, 0.05) is 19.3 Å². The molecule has 0 aliphatic heterocycles. The molecule has 6 nitrogen and oxygen atoms in total. The van der Waals surface area contributed by atoms with Gasteiger partial charge < -0.3 is 14.2 Å². The van der Waals surface area contributed by atoms with Gasteiger partial charge in [0.1, 0.15) is 13.2 Å². The monoisotopic (exact) mass is 1030 g/mol. The molecule has 0 bridgehead atoms. The average Bonchev–Trinajstić information content (AvgIpc) is 3.41. The van der Waals surface area contributed by atoms with Crippen molar-refractivity contribution in [1.82, 2.24) is 0 Å². The van der Waals surface area contributed by atoms with Gasteiger partial charge in [-0.15, -0.1) is 0 Å². The molecule has 1 unspecified atom stereocenters. The molecule has 6 heteroatoms. The SMILES string of the molecule is CC/C=C\C/C=C\C/C=C\C/C=C\C/C=C\C/C=C\CCCCCCCCCCCCCCC(=O)OCC(COC(=O)CC/C=C\C/C=C\C/C=C\C/C=C\CC)OC(=O)CC/C=C\C/C=C\C/C=C\C/C=C\CC. The van der Waals surface area contributed by atoms with Crippen LogP contribution in [0.4, 0.5) is 0 Å². The fourth-order valence-corrected chi connectivity index (χ4v) is 7.41. The zero-order chi connectivity index (χ0) is 54.3. The molecule has 0 spiro atoms. The second-order valence-corrected chi connectivity index (χ2v) is 18.8. The first kappa shape index (κ1) is 69.8. The summed E-state index contributed by atoms with van der Waals surface area (Å²) in [6.07, 6.45) is 91.1. The van der Waals surface area contributed by atoms with E-state index in [-0.39, 0.29) is 38.0 Å². The number of esters is 3. The van der Waals surface area contributed by atoms with Gasteiger partial charge in [-0.05, 0) is 122 Å². The molecule has 418 valence electrons. The van der Waals surface area contributed by atoms with E-state index in [4.69, 9.17) is 14.2 Å². The van der Waals surface area contributed by atoms with Gasteiger partial charge in [0.2, 0.25) is 0 Å². The number of carbonyl (C=O) groups is 3. The highest BCUT2D eigenvalue weighted by Gasteiger charge is 2.19. The molecule has 0 radical (unpaired) electrons. The molecule has 0 aromatic carbocycles. The third-order valence-electron chi connectivity index (χ3n) is 11.7. The lowest BCUT2D eigenvalue weighted by Gasteiger charge is -2.18. The molecule has 0 saturated heterocycles. The summed E-state index contributed by atoms with van der Waals surface area (Å²) in [5, 5.41) is 0. The Kier molecular flexibility index (Phi) is 57.0. The van der Waals surface area contributed by atoms with Crippen LogP contribution in [-0.4, -0.2) is 37.2 Å². The maximum absolute atomic E-state index is 12.8. The fraction of sp³-hybridized carbons (Fsp3) is 0.551. The predicted molar refractivity (Wildman–Crippen MR) is 325 cm³/mol. The van der Waals surface area contributed by atoms with Crippen molar-refractivity contribution in [2.24, 2.45) is 0 Å². The summed E-state index contributed by atoms with van der Waals surface area (Å²) in [6, 6.07) is 0. The number of allylic oxidation sites excluding steroid dienone is 28. The van der Waals surface area contributed by atoms with E-state index < -0.39 is 12.1 Å². The van der Waals surface area contributed by atoms with Crippen LogP contribution in [0.2, 0.25) is 0 Å². The van der Waals surface area contributed by atoms with Crippen LogP contribution in [0.3, 0.4) is 0 Å². The number of unbranched alkanes of at least 4 members (excludes halogenated alkanes) is 12. The lowest BCUT2D eigenvalue weighted by Crippen LogP contribution is -2.30. The highest BCUT2D eigenvalue weighted by Crippen LogP contribution is 2.14. The number of hydrogen-bond acceptors (Lipinski definition) is 6. The molecular weight excluding hydrogens is 925 g/mol. The highest BCUT2D eigenvalue weighted by molar-refractivity contribution is 5.71. The van der Waals surface area contributed by atoms with Crippen LogP contribution in [0, 0.1) is 0 Å². The summed E-state index contributed by atoms with van der Waals surface area (Å²) in [5.74, 6) is -1.12. The van der Waals surface area contributed by atoms with Crippen molar-refractivity contribution in [3.63, 3.8) is 0 Å². The fourth-order valence-electron chi connectivity index (χ4n) is 7.41. The van der Waals surface area contributed by atoms with Gasteiger partial charge >= 0.3 is 17.9 Å². The zero-order valence-corrected chi connectivity index (χ0v) is 47.7. The number of rotatable bonds is 51. The molecule has 1 atom stereocenters. The standard InChI is InChI=1S/C69H106O6/c1-4-7-10-13-16-19-22-25-26-27-28-29-30-31-32-33-34-35-36-37-38-39-40-41-42-45-47-50-53-56-59-62-68(71)74-65-66(75-69(72)63-60-57-54-51-48-44-24-21-18-15-12-9-6-3)64-73-67(70)61-58-55-52-49-46-43-23-20-17-14-11-8-5-2/h7-12,16-21,25-26,28-29,31-32,34-35,43-44,46,48,52,54-55,57,66H,4-6,13-15,22-24,27,30,33,36-42,45,47,49-51,53,56,58-65H2,1-3H3/b10-7-,11-8-,12-9-,19-16-,20-17-,21-18-,26-25-,29-28-,32-31-,35-34-,46-43-,48-44-,55-52-,57-54-. The normalized spacial score (nSPS) is 13.4. The van der Waals surface area contributed by atoms with E-state index in [0.717, 1.165) is 109 Å². The molecular formula is C69H106O6. The molecule has 0 heterocycles. The van der Waals surface area contributed by atoms with Gasteiger partial charge in [-0.1, -0.05) is 255 Å². The first-order valence-electron chi connectivity index (χ1n) is 29.6. The minimum atomic E-state index is -0.853. The molecule has 0 aromatic rings. The van der Waals surface area contributed by atoms with Crippen molar-refractivity contribution in [3.05, 3.63) is 170 Å². The first-order chi connectivity index (χ1) is 37.0. The summed E-state index contributed by atoms with van der Waals surface area (Å²) in [4.78, 5) is 38.0. The van der Waals surface area contributed by atoms with Crippen molar-refractivity contribution in [1.29, 1.82) is 0 Å². The summed E-state index contributed by atoms with van der Waals surface area (Å²) in [5.41, 5.74) is 0. The Morgan fingerprint density at radius 2 is 0.507 bits per heavy atom. The van der Waals surface area contributed by atoms with Gasteiger partial charge in [-0.25, -0.2) is 0 Å². The summed E-state index contributed by atoms with van der Waals surface area (Å²) in [7, 11) is 0. The average molecular weight is 1030 g/mol. The van der Waals surface area contributed by atoms with Crippen molar-refractivity contribution < 1.29 is 28.6 Å². The van der Waals surface area contributed by atoms with Gasteiger partial charge in [-0.2, -0.15) is 0 Å². The topological polar surface area (TPSA) is 78.9 Å². The second kappa shape index (κ2) is 61.3. The van der Waals surface area contributed by atoms with E-state index in [1.54, 1.807) is 0 Å². The van der Waals surface area contributed by atoms with Crippen LogP contribution >= 0.6 is 0 Å². The number of ether oxygens (including phenoxy) is 3. The Bertz CT molecular complexity index is 1750. The highest BCUT2D eigenvalue weighted by atomic mass is 16.6. The van der Waals surface area contributed by atoms with E-state index in [0.29, 0.717) is 19.3 Å². The smallest absolute Gasteiger partial charge is 0.306 e. The summed E-state index contributed by atoms with van der Waals surface area (Å²) in [6.45, 7) is 6.14. The maximum atomic E-state index is 12.8. The zero-order valence-electron chi connectivity index (χ0n) is 47.7. The van der Waals surface area contributed by atoms with E-state index in [1.165, 1.54) is 64.2 Å². The van der Waals surface area contributed by atoms with Crippen molar-refractivity contribution in [3.8, 4) is 0 Å². The second-order valence-electron chi connectivity index (χ2n) is 18.8. The predicted octanol–water partition coefficient (Wildman–Crippen LogP) is 20.3. The Balaban J connectivity index is 4.32. The Labute approximate surface area is 460 Å². The largest absolute Gasteiger partial charge is 0.462 e.